The summed E-state index contributed by atoms with van der Waals surface area (Å²) in [7, 11) is 0. The van der Waals surface area contributed by atoms with Crippen LogP contribution in [0.3, 0.4) is 0 Å². The van der Waals surface area contributed by atoms with Gasteiger partial charge in [-0.15, -0.1) is 0 Å². The first-order valence-electron chi connectivity index (χ1n) is 6.49. The van der Waals surface area contributed by atoms with Crippen LogP contribution in [0.5, 0.6) is 0 Å². The first-order valence-corrected chi connectivity index (χ1v) is 6.49. The lowest BCUT2D eigenvalue weighted by Gasteiger charge is -2.36. The molecule has 0 aliphatic carbocycles. The Morgan fingerprint density at radius 3 is 2.67 bits per heavy atom. The highest BCUT2D eigenvalue weighted by molar-refractivity contribution is 5.50. The molecule has 0 bridgehead atoms. The van der Waals surface area contributed by atoms with E-state index in [1.54, 1.807) is 0 Å². The second kappa shape index (κ2) is 6.13. The largest absolute Gasteiger partial charge is 0.395 e. The Balaban J connectivity index is 2.07. The number of aliphatic hydroxyl groups is 1. The molecule has 0 unspecified atom stereocenters. The molecule has 0 saturated carbocycles. The van der Waals surface area contributed by atoms with E-state index in [4.69, 9.17) is 10.8 Å². The second-order valence-corrected chi connectivity index (χ2v) is 4.69. The van der Waals surface area contributed by atoms with Crippen LogP contribution in [0.2, 0.25) is 0 Å². The highest BCUT2D eigenvalue weighted by Crippen LogP contribution is 2.21. The third-order valence-corrected chi connectivity index (χ3v) is 3.56. The van der Waals surface area contributed by atoms with Gasteiger partial charge in [-0.3, -0.25) is 4.90 Å². The molecule has 2 heterocycles. The zero-order chi connectivity index (χ0) is 13.0. The first kappa shape index (κ1) is 13.3. The fraction of sp³-hybridized carbons (Fsp3) is 0.615. The Hall–Kier alpha value is -1.17. The Morgan fingerprint density at radius 1 is 1.33 bits per heavy atom. The number of aromatic nitrogens is 1. The minimum Gasteiger partial charge on any atom is -0.395 e. The van der Waals surface area contributed by atoms with Gasteiger partial charge in [0.25, 0.3) is 0 Å². The number of hydrogen-bond donors (Lipinski definition) is 2. The van der Waals surface area contributed by atoms with Gasteiger partial charge in [0.15, 0.2) is 0 Å². The van der Waals surface area contributed by atoms with Gasteiger partial charge in [-0.1, -0.05) is 0 Å². The van der Waals surface area contributed by atoms with E-state index < -0.39 is 0 Å². The molecule has 3 N–H and O–H groups in total. The fourth-order valence-corrected chi connectivity index (χ4v) is 2.42. The third-order valence-electron chi connectivity index (χ3n) is 3.56. The van der Waals surface area contributed by atoms with E-state index in [2.05, 4.69) is 21.7 Å². The second-order valence-electron chi connectivity index (χ2n) is 4.69. The van der Waals surface area contributed by atoms with Crippen molar-refractivity contribution < 1.29 is 5.11 Å². The van der Waals surface area contributed by atoms with Crippen molar-refractivity contribution in [2.24, 2.45) is 5.73 Å². The average Bonchev–Trinajstić information content (AvgIpc) is 2.40. The molecule has 0 amide bonds. The summed E-state index contributed by atoms with van der Waals surface area (Å²) in [6.07, 6.45) is 1.85. The van der Waals surface area contributed by atoms with E-state index in [-0.39, 0.29) is 6.61 Å². The van der Waals surface area contributed by atoms with Crippen molar-refractivity contribution >= 4 is 5.82 Å². The standard InChI is InChI=1S/C13H22N4O/c1-11-2-3-15-13(12(11)10-14)17-6-4-16(5-7-17)8-9-18/h2-3,18H,4-10,14H2,1H3. The molecule has 0 spiro atoms. The number of β-amino-alcohol motifs (C(OH)–C–C–N with tert-alkyl or cyclic N) is 1. The lowest BCUT2D eigenvalue weighted by atomic mass is 10.1. The Labute approximate surface area is 108 Å². The van der Waals surface area contributed by atoms with Crippen molar-refractivity contribution in [3.05, 3.63) is 23.4 Å². The predicted molar refractivity (Wildman–Crippen MR) is 72.6 cm³/mol. The van der Waals surface area contributed by atoms with Gasteiger partial charge in [0, 0.05) is 51.0 Å². The number of rotatable bonds is 4. The van der Waals surface area contributed by atoms with Crippen molar-refractivity contribution in [3.63, 3.8) is 0 Å². The van der Waals surface area contributed by atoms with Gasteiger partial charge in [0.1, 0.15) is 5.82 Å². The third kappa shape index (κ3) is 2.80. The van der Waals surface area contributed by atoms with Crippen molar-refractivity contribution in [2.75, 3.05) is 44.2 Å². The quantitative estimate of drug-likeness (QED) is 0.785. The fourth-order valence-electron chi connectivity index (χ4n) is 2.42. The highest BCUT2D eigenvalue weighted by Gasteiger charge is 2.19. The van der Waals surface area contributed by atoms with Crippen molar-refractivity contribution in [1.29, 1.82) is 0 Å². The summed E-state index contributed by atoms with van der Waals surface area (Å²) in [5, 5.41) is 8.94. The molecule has 0 aromatic carbocycles. The molecule has 0 atom stereocenters. The molecule has 1 aliphatic rings. The number of aryl methyl sites for hydroxylation is 1. The Morgan fingerprint density at radius 2 is 2.06 bits per heavy atom. The number of pyridine rings is 1. The van der Waals surface area contributed by atoms with E-state index in [1.165, 1.54) is 5.56 Å². The van der Waals surface area contributed by atoms with E-state index in [9.17, 15) is 0 Å². The highest BCUT2D eigenvalue weighted by atomic mass is 16.3. The molecular formula is C13H22N4O. The molecule has 1 aliphatic heterocycles. The molecule has 5 heteroatoms. The molecule has 100 valence electrons. The molecule has 1 aromatic rings. The number of hydrogen-bond acceptors (Lipinski definition) is 5. The zero-order valence-electron chi connectivity index (χ0n) is 11.0. The number of piperazine rings is 1. The molecule has 0 radical (unpaired) electrons. The van der Waals surface area contributed by atoms with Crippen LogP contribution < -0.4 is 10.6 Å². The van der Waals surface area contributed by atoms with Crippen molar-refractivity contribution in [3.8, 4) is 0 Å². The van der Waals surface area contributed by atoms with E-state index in [1.807, 2.05) is 12.3 Å². The van der Waals surface area contributed by atoms with E-state index >= 15 is 0 Å². The summed E-state index contributed by atoms with van der Waals surface area (Å²) in [4.78, 5) is 9.05. The van der Waals surface area contributed by atoms with Crippen LogP contribution in [0.4, 0.5) is 5.82 Å². The number of nitrogens with two attached hydrogens (primary N) is 1. The SMILES string of the molecule is Cc1ccnc(N2CCN(CCO)CC2)c1CN. The van der Waals surface area contributed by atoms with Gasteiger partial charge in [0.2, 0.25) is 0 Å². The van der Waals surface area contributed by atoms with Crippen LogP contribution in [-0.4, -0.2) is 54.3 Å². The molecule has 1 fully saturated rings. The lowest BCUT2D eigenvalue weighted by Crippen LogP contribution is -2.47. The van der Waals surface area contributed by atoms with Crippen LogP contribution in [0, 0.1) is 6.92 Å². The van der Waals surface area contributed by atoms with Crippen LogP contribution in [-0.2, 0) is 6.54 Å². The maximum atomic E-state index is 8.94. The Kier molecular flexibility index (Phi) is 4.52. The number of aliphatic hydroxyl groups excluding tert-OH is 1. The van der Waals surface area contributed by atoms with E-state index in [0.29, 0.717) is 6.54 Å². The summed E-state index contributed by atoms with van der Waals surface area (Å²) in [6, 6.07) is 2.01. The predicted octanol–water partition coefficient (Wildman–Crippen LogP) is -0.0370. The average molecular weight is 250 g/mol. The molecule has 1 saturated heterocycles. The summed E-state index contributed by atoms with van der Waals surface area (Å²) in [5.41, 5.74) is 8.18. The molecule has 1 aromatic heterocycles. The van der Waals surface area contributed by atoms with Crippen LogP contribution in [0.15, 0.2) is 12.3 Å². The maximum Gasteiger partial charge on any atom is 0.133 e. The van der Waals surface area contributed by atoms with Crippen LogP contribution in [0.25, 0.3) is 0 Å². The molecule has 5 nitrogen and oxygen atoms in total. The van der Waals surface area contributed by atoms with Gasteiger partial charge in [0.05, 0.1) is 6.61 Å². The van der Waals surface area contributed by atoms with Crippen molar-refractivity contribution in [1.82, 2.24) is 9.88 Å². The minimum absolute atomic E-state index is 0.233. The minimum atomic E-state index is 0.233. The van der Waals surface area contributed by atoms with E-state index in [0.717, 1.165) is 44.1 Å². The number of nitrogens with zero attached hydrogens (tertiary/aromatic N) is 3. The summed E-state index contributed by atoms with van der Waals surface area (Å²) < 4.78 is 0. The summed E-state index contributed by atoms with van der Waals surface area (Å²) in [5.74, 6) is 1.03. The van der Waals surface area contributed by atoms with Crippen LogP contribution >= 0.6 is 0 Å². The smallest absolute Gasteiger partial charge is 0.133 e. The summed E-state index contributed by atoms with van der Waals surface area (Å²) >= 11 is 0. The lowest BCUT2D eigenvalue weighted by molar-refractivity contribution is 0.188. The van der Waals surface area contributed by atoms with Crippen molar-refractivity contribution in [2.45, 2.75) is 13.5 Å². The van der Waals surface area contributed by atoms with Gasteiger partial charge < -0.3 is 15.7 Å². The van der Waals surface area contributed by atoms with Gasteiger partial charge in [-0.2, -0.15) is 0 Å². The van der Waals surface area contributed by atoms with Gasteiger partial charge in [-0.05, 0) is 18.6 Å². The molecule has 18 heavy (non-hydrogen) atoms. The van der Waals surface area contributed by atoms with Gasteiger partial charge >= 0.3 is 0 Å². The van der Waals surface area contributed by atoms with Crippen LogP contribution in [0.1, 0.15) is 11.1 Å². The molecular weight excluding hydrogens is 228 g/mol. The normalized spacial score (nSPS) is 17.2. The number of anilines is 1. The maximum absolute atomic E-state index is 8.94. The monoisotopic (exact) mass is 250 g/mol. The zero-order valence-corrected chi connectivity index (χ0v) is 11.0. The Bertz CT molecular complexity index is 389. The topological polar surface area (TPSA) is 65.6 Å². The first-order chi connectivity index (χ1) is 8.76. The summed E-state index contributed by atoms with van der Waals surface area (Å²) in [6.45, 7) is 7.45. The molecule has 2 rings (SSSR count). The van der Waals surface area contributed by atoms with Gasteiger partial charge in [-0.25, -0.2) is 4.98 Å².